The normalized spacial score (nSPS) is 24.7. The van der Waals surface area contributed by atoms with Gasteiger partial charge in [0, 0.05) is 24.2 Å². The number of ether oxygens (including phenoxy) is 2. The predicted molar refractivity (Wildman–Crippen MR) is 78.5 cm³/mol. The minimum absolute atomic E-state index is 0. The third-order valence-electron chi connectivity index (χ3n) is 3.85. The Morgan fingerprint density at radius 1 is 1.32 bits per heavy atom. The molecule has 1 amide bonds. The van der Waals surface area contributed by atoms with Gasteiger partial charge in [-0.25, -0.2) is 0 Å². The molecule has 1 saturated carbocycles. The van der Waals surface area contributed by atoms with Gasteiger partial charge in [-0.15, -0.1) is 21.2 Å². The number of halogens is 3. The average Bonchev–Trinajstić information content (AvgIpc) is 2.91. The van der Waals surface area contributed by atoms with Crippen molar-refractivity contribution in [2.24, 2.45) is 11.7 Å². The highest BCUT2D eigenvalue weighted by atomic mass is 35.5. The van der Waals surface area contributed by atoms with Gasteiger partial charge in [-0.2, -0.15) is 0 Å². The Morgan fingerprint density at radius 3 is 2.73 bits per heavy atom. The van der Waals surface area contributed by atoms with Crippen LogP contribution in [0.2, 0.25) is 0 Å². The summed E-state index contributed by atoms with van der Waals surface area (Å²) in [6, 6.07) is 4.22. The maximum absolute atomic E-state index is 12.9. The van der Waals surface area contributed by atoms with Crippen molar-refractivity contribution < 1.29 is 23.0 Å². The van der Waals surface area contributed by atoms with Crippen LogP contribution < -0.4 is 20.5 Å². The van der Waals surface area contributed by atoms with Crippen LogP contribution in [0.3, 0.4) is 0 Å². The van der Waals surface area contributed by atoms with Crippen molar-refractivity contribution in [1.82, 2.24) is 0 Å². The molecule has 22 heavy (non-hydrogen) atoms. The van der Waals surface area contributed by atoms with E-state index in [2.05, 4.69) is 14.8 Å². The molecule has 1 aromatic rings. The number of fused-ring (bicyclic) bond motifs is 1. The maximum atomic E-state index is 12.9. The molecule has 1 heterocycles. The first-order valence-corrected chi connectivity index (χ1v) is 6.88. The van der Waals surface area contributed by atoms with Gasteiger partial charge in [0.25, 0.3) is 0 Å². The summed E-state index contributed by atoms with van der Waals surface area (Å²) in [4.78, 5) is 12.0. The topological polar surface area (TPSA) is 73.6 Å². The number of carbonyl (C=O) groups is 1. The van der Waals surface area contributed by atoms with Crippen molar-refractivity contribution >= 4 is 24.0 Å². The van der Waals surface area contributed by atoms with Crippen LogP contribution in [0, 0.1) is 5.92 Å². The fourth-order valence-electron chi connectivity index (χ4n) is 2.80. The lowest BCUT2D eigenvalue weighted by Crippen LogP contribution is -2.28. The largest absolute Gasteiger partial charge is 0.586 e. The third kappa shape index (κ3) is 3.59. The smallest absolute Gasteiger partial charge is 0.395 e. The van der Waals surface area contributed by atoms with Crippen LogP contribution in [-0.4, -0.2) is 18.2 Å². The Morgan fingerprint density at radius 2 is 2.05 bits per heavy atom. The van der Waals surface area contributed by atoms with Gasteiger partial charge in [0.1, 0.15) is 0 Å². The molecule has 1 aromatic carbocycles. The highest BCUT2D eigenvalue weighted by molar-refractivity contribution is 5.91. The van der Waals surface area contributed by atoms with Crippen molar-refractivity contribution in [2.45, 2.75) is 38.0 Å². The molecule has 3 N–H and O–H groups in total. The minimum atomic E-state index is -3.65. The second-order valence-corrected chi connectivity index (χ2v) is 5.44. The van der Waals surface area contributed by atoms with Crippen LogP contribution >= 0.6 is 12.4 Å². The van der Waals surface area contributed by atoms with Crippen molar-refractivity contribution in [2.75, 3.05) is 5.32 Å². The van der Waals surface area contributed by atoms with E-state index in [0.717, 1.165) is 19.3 Å². The van der Waals surface area contributed by atoms with E-state index in [1.165, 1.54) is 18.2 Å². The van der Waals surface area contributed by atoms with Crippen LogP contribution in [0.25, 0.3) is 0 Å². The van der Waals surface area contributed by atoms with Gasteiger partial charge >= 0.3 is 6.29 Å². The lowest BCUT2D eigenvalue weighted by molar-refractivity contribution is -0.286. The Labute approximate surface area is 132 Å². The van der Waals surface area contributed by atoms with E-state index in [1.54, 1.807) is 0 Å². The molecule has 3 rings (SSSR count). The highest BCUT2D eigenvalue weighted by Gasteiger charge is 2.43. The summed E-state index contributed by atoms with van der Waals surface area (Å²) in [5.74, 6) is -0.127. The Bertz CT molecular complexity index is 571. The standard InChI is InChI=1S/C14H16F2N2O3.ClH/c15-14(16)20-11-5-4-9(7-12(11)21-14)18-13(19)6-8-2-1-3-10(8)17;/h4-5,7-8,10H,1-3,6,17H2,(H,18,19);1H/t8-,10+;/m0./s1. The van der Waals surface area contributed by atoms with Crippen LogP contribution in [0.4, 0.5) is 14.5 Å². The molecule has 5 nitrogen and oxygen atoms in total. The van der Waals surface area contributed by atoms with Crippen molar-refractivity contribution in [1.29, 1.82) is 0 Å². The summed E-state index contributed by atoms with van der Waals surface area (Å²) in [6.07, 6.45) is -0.384. The van der Waals surface area contributed by atoms with Crippen LogP contribution in [-0.2, 0) is 4.79 Å². The lowest BCUT2D eigenvalue weighted by Gasteiger charge is -2.14. The SMILES string of the molecule is Cl.N[C@@H]1CCC[C@H]1CC(=O)Nc1ccc2c(c1)OC(F)(F)O2. The molecule has 0 aromatic heterocycles. The molecular formula is C14H17ClF2N2O3. The quantitative estimate of drug-likeness (QED) is 0.891. The van der Waals surface area contributed by atoms with E-state index >= 15 is 0 Å². The molecular weight excluding hydrogens is 318 g/mol. The zero-order valence-corrected chi connectivity index (χ0v) is 12.5. The first kappa shape index (κ1) is 16.8. The molecule has 0 unspecified atom stereocenters. The molecule has 0 spiro atoms. The number of nitrogens with two attached hydrogens (primary N) is 1. The number of rotatable bonds is 3. The zero-order chi connectivity index (χ0) is 15.0. The molecule has 1 aliphatic heterocycles. The van der Waals surface area contributed by atoms with Crippen LogP contribution in [0.15, 0.2) is 18.2 Å². The highest BCUT2D eigenvalue weighted by Crippen LogP contribution is 2.42. The number of carbonyl (C=O) groups excluding carboxylic acids is 1. The van der Waals surface area contributed by atoms with Gasteiger partial charge in [0.05, 0.1) is 0 Å². The summed E-state index contributed by atoms with van der Waals surface area (Å²) >= 11 is 0. The minimum Gasteiger partial charge on any atom is -0.395 e. The first-order chi connectivity index (χ1) is 9.93. The summed E-state index contributed by atoms with van der Waals surface area (Å²) in [5.41, 5.74) is 6.32. The molecule has 122 valence electrons. The fourth-order valence-corrected chi connectivity index (χ4v) is 2.80. The maximum Gasteiger partial charge on any atom is 0.586 e. The number of hydrogen-bond donors (Lipinski definition) is 2. The van der Waals surface area contributed by atoms with E-state index in [0.29, 0.717) is 12.1 Å². The molecule has 1 fully saturated rings. The van der Waals surface area contributed by atoms with Crippen LogP contribution in [0.5, 0.6) is 11.5 Å². The fraction of sp³-hybridized carbons (Fsp3) is 0.500. The molecule has 1 aliphatic carbocycles. The number of amides is 1. The van der Waals surface area contributed by atoms with Crippen LogP contribution in [0.1, 0.15) is 25.7 Å². The summed E-state index contributed by atoms with van der Waals surface area (Å²) < 4.78 is 34.4. The Balaban J connectivity index is 0.00000176. The number of anilines is 1. The molecule has 8 heteroatoms. The van der Waals surface area contributed by atoms with E-state index < -0.39 is 6.29 Å². The molecule has 0 saturated heterocycles. The zero-order valence-electron chi connectivity index (χ0n) is 11.7. The van der Waals surface area contributed by atoms with Gasteiger partial charge in [-0.05, 0) is 30.9 Å². The second kappa shape index (κ2) is 6.26. The van der Waals surface area contributed by atoms with Gasteiger partial charge in [-0.3, -0.25) is 4.79 Å². The van der Waals surface area contributed by atoms with E-state index in [9.17, 15) is 13.6 Å². The van der Waals surface area contributed by atoms with Gasteiger partial charge < -0.3 is 20.5 Å². The average molecular weight is 335 g/mol. The van der Waals surface area contributed by atoms with Crippen molar-refractivity contribution in [3.63, 3.8) is 0 Å². The van der Waals surface area contributed by atoms with Crippen molar-refractivity contribution in [3.8, 4) is 11.5 Å². The summed E-state index contributed by atoms with van der Waals surface area (Å²) in [5, 5.41) is 2.67. The molecule has 0 radical (unpaired) electrons. The lowest BCUT2D eigenvalue weighted by atomic mass is 10.00. The predicted octanol–water partition coefficient (Wildman–Crippen LogP) is 2.89. The van der Waals surface area contributed by atoms with E-state index in [4.69, 9.17) is 5.73 Å². The monoisotopic (exact) mass is 334 g/mol. The van der Waals surface area contributed by atoms with Gasteiger partial charge in [0.15, 0.2) is 11.5 Å². The number of nitrogens with one attached hydrogen (secondary N) is 1. The number of benzene rings is 1. The second-order valence-electron chi connectivity index (χ2n) is 5.44. The van der Waals surface area contributed by atoms with Gasteiger partial charge in [0.2, 0.25) is 5.91 Å². The summed E-state index contributed by atoms with van der Waals surface area (Å²) in [7, 11) is 0. The van der Waals surface area contributed by atoms with Crippen molar-refractivity contribution in [3.05, 3.63) is 18.2 Å². The Kier molecular flexibility index (Phi) is 4.77. The van der Waals surface area contributed by atoms with Gasteiger partial charge in [-0.1, -0.05) is 6.42 Å². The van der Waals surface area contributed by atoms with E-state index in [-0.39, 0.29) is 41.8 Å². The molecule has 2 atom stereocenters. The van der Waals surface area contributed by atoms with E-state index in [1.807, 2.05) is 0 Å². The Hall–Kier alpha value is -1.60. The molecule has 2 aliphatic rings. The number of hydrogen-bond acceptors (Lipinski definition) is 4. The first-order valence-electron chi connectivity index (χ1n) is 6.88. The summed E-state index contributed by atoms with van der Waals surface area (Å²) in [6.45, 7) is 0. The number of alkyl halides is 2. The molecule has 0 bridgehead atoms. The third-order valence-corrected chi connectivity index (χ3v) is 3.85.